The minimum atomic E-state index is -0.203. The highest BCUT2D eigenvalue weighted by Gasteiger charge is 2.22. The number of likely N-dealkylation sites (tertiary alicyclic amines) is 1. The number of hydrogen-bond acceptors (Lipinski definition) is 7. The monoisotopic (exact) mass is 421 g/mol. The lowest BCUT2D eigenvalue weighted by Crippen LogP contribution is -2.37. The highest BCUT2D eigenvalue weighted by atomic mass is 16.5. The molecule has 0 saturated carbocycles. The quantitative estimate of drug-likeness (QED) is 0.232. The van der Waals surface area contributed by atoms with Crippen molar-refractivity contribution in [1.29, 1.82) is 0 Å². The topological polar surface area (TPSA) is 93.2 Å². The van der Waals surface area contributed by atoms with E-state index in [0.29, 0.717) is 24.8 Å². The van der Waals surface area contributed by atoms with Gasteiger partial charge in [0.1, 0.15) is 5.75 Å². The molecule has 1 aromatic carbocycles. The van der Waals surface area contributed by atoms with Crippen molar-refractivity contribution in [2.75, 3.05) is 19.6 Å². The van der Waals surface area contributed by atoms with E-state index < -0.39 is 0 Å². The molecule has 0 aliphatic carbocycles. The van der Waals surface area contributed by atoms with Crippen molar-refractivity contribution in [2.45, 2.75) is 39.2 Å². The lowest BCUT2D eigenvalue weighted by Gasteiger charge is -2.32. The van der Waals surface area contributed by atoms with E-state index in [1.807, 2.05) is 50.2 Å². The third kappa shape index (κ3) is 7.00. The number of benzene rings is 1. The van der Waals surface area contributed by atoms with Crippen LogP contribution in [-0.4, -0.2) is 47.4 Å². The van der Waals surface area contributed by atoms with Gasteiger partial charge in [-0.1, -0.05) is 32.0 Å². The first-order valence-corrected chi connectivity index (χ1v) is 10.8. The Bertz CT molecular complexity index is 903. The summed E-state index contributed by atoms with van der Waals surface area (Å²) in [6.07, 6.45) is 5.57. The van der Waals surface area contributed by atoms with Gasteiger partial charge in [-0.15, -0.1) is 0 Å². The zero-order valence-corrected chi connectivity index (χ0v) is 18.3. The molecule has 1 aliphatic rings. The van der Waals surface area contributed by atoms with Crippen LogP contribution in [0.3, 0.4) is 0 Å². The number of carbonyl (C=O) groups is 1. The Morgan fingerprint density at radius 3 is 2.74 bits per heavy atom. The van der Waals surface area contributed by atoms with E-state index in [-0.39, 0.29) is 11.9 Å². The summed E-state index contributed by atoms with van der Waals surface area (Å²) in [5.74, 6) is 6.31. The van der Waals surface area contributed by atoms with Gasteiger partial charge in [0.25, 0.3) is 0 Å². The van der Waals surface area contributed by atoms with E-state index in [9.17, 15) is 4.79 Å². The molecule has 0 amide bonds. The number of piperidine rings is 1. The molecule has 164 valence electrons. The molecule has 31 heavy (non-hydrogen) atoms. The Morgan fingerprint density at radius 2 is 2.06 bits per heavy atom. The third-order valence-corrected chi connectivity index (χ3v) is 5.38. The van der Waals surface area contributed by atoms with Crippen molar-refractivity contribution in [3.8, 4) is 5.75 Å². The highest BCUT2D eigenvalue weighted by molar-refractivity contribution is 6.31. The molecule has 3 rings (SSSR count). The van der Waals surface area contributed by atoms with E-state index in [2.05, 4.69) is 26.0 Å². The van der Waals surface area contributed by atoms with E-state index in [1.54, 1.807) is 12.4 Å². The average molecular weight is 422 g/mol. The second kappa shape index (κ2) is 11.4. The van der Waals surface area contributed by atoms with Gasteiger partial charge in [0.05, 0.1) is 23.9 Å². The second-order valence-corrected chi connectivity index (χ2v) is 8.11. The van der Waals surface area contributed by atoms with Crippen LogP contribution >= 0.6 is 0 Å². The van der Waals surface area contributed by atoms with E-state index in [1.165, 1.54) is 5.56 Å². The van der Waals surface area contributed by atoms with Gasteiger partial charge in [0.15, 0.2) is 0 Å². The second-order valence-electron chi connectivity index (χ2n) is 8.11. The number of rotatable bonds is 8. The zero-order valence-electron chi connectivity index (χ0n) is 18.3. The van der Waals surface area contributed by atoms with Gasteiger partial charge in [-0.05, 0) is 61.7 Å². The number of carbonyl (C=O) groups excluding carboxylic acids is 1. The average Bonchev–Trinajstić information content (AvgIpc) is 2.79. The lowest BCUT2D eigenvalue weighted by molar-refractivity contribution is -0.137. The Kier molecular flexibility index (Phi) is 8.29. The summed E-state index contributed by atoms with van der Waals surface area (Å²) < 4.78 is 5.47. The lowest BCUT2D eigenvalue weighted by atomic mass is 9.89. The van der Waals surface area contributed by atoms with Crippen LogP contribution in [0.2, 0.25) is 0 Å². The number of ether oxygens (including phenoxy) is 1. The summed E-state index contributed by atoms with van der Waals surface area (Å²) in [5, 5.41) is 3.90. The normalized spacial score (nSPS) is 16.2. The highest BCUT2D eigenvalue weighted by Crippen LogP contribution is 2.30. The zero-order chi connectivity index (χ0) is 22.1. The Balaban J connectivity index is 1.49. The van der Waals surface area contributed by atoms with Crippen LogP contribution in [0.1, 0.15) is 43.9 Å². The Labute approximate surface area is 184 Å². The summed E-state index contributed by atoms with van der Waals surface area (Å²) in [7, 11) is 0. The number of pyridine rings is 1. The standard InChI is InChI=1S/C24H31N5O2/c1-18(2)24(30)31-23-8-5-6-20(14-23)19-9-12-29(13-10-19)17-22(28-25)16-26-15-21-7-3-4-11-27-21/h3-8,11,14,16,18-19H,9-10,12-13,15,17,25H2,1-2H3. The number of nitrogens with two attached hydrogens (primary N) is 1. The van der Waals surface area contributed by atoms with Crippen molar-refractivity contribution in [3.05, 3.63) is 59.9 Å². The smallest absolute Gasteiger partial charge is 0.313 e. The van der Waals surface area contributed by atoms with Crippen molar-refractivity contribution in [3.63, 3.8) is 0 Å². The number of hydrogen-bond donors (Lipinski definition) is 1. The molecule has 2 heterocycles. The van der Waals surface area contributed by atoms with Gasteiger partial charge in [0, 0.05) is 19.0 Å². The molecule has 1 aromatic heterocycles. The molecule has 2 aromatic rings. The van der Waals surface area contributed by atoms with Crippen molar-refractivity contribution in [2.24, 2.45) is 21.9 Å². The van der Waals surface area contributed by atoms with Gasteiger partial charge < -0.3 is 10.6 Å². The van der Waals surface area contributed by atoms with Gasteiger partial charge in [-0.3, -0.25) is 19.7 Å². The van der Waals surface area contributed by atoms with Crippen LogP contribution < -0.4 is 10.6 Å². The number of aromatic nitrogens is 1. The van der Waals surface area contributed by atoms with Crippen molar-refractivity contribution >= 4 is 17.9 Å². The van der Waals surface area contributed by atoms with E-state index in [0.717, 1.165) is 37.3 Å². The summed E-state index contributed by atoms with van der Waals surface area (Å²) in [4.78, 5) is 22.9. The molecule has 2 N–H and O–H groups in total. The summed E-state index contributed by atoms with van der Waals surface area (Å²) >= 11 is 0. The third-order valence-electron chi connectivity index (χ3n) is 5.38. The fourth-order valence-electron chi connectivity index (χ4n) is 3.57. The van der Waals surface area contributed by atoms with Crippen LogP contribution in [0.5, 0.6) is 5.75 Å². The van der Waals surface area contributed by atoms with Crippen molar-refractivity contribution in [1.82, 2.24) is 9.88 Å². The molecule has 1 aliphatic heterocycles. The Hall–Kier alpha value is -3.06. The van der Waals surface area contributed by atoms with Gasteiger partial charge in [0.2, 0.25) is 0 Å². The minimum absolute atomic E-state index is 0.141. The van der Waals surface area contributed by atoms with Gasteiger partial charge >= 0.3 is 5.97 Å². The predicted molar refractivity (Wildman–Crippen MR) is 123 cm³/mol. The van der Waals surface area contributed by atoms with Gasteiger partial charge in [-0.25, -0.2) is 0 Å². The fraction of sp³-hybridized carbons (Fsp3) is 0.417. The number of nitrogens with zero attached hydrogens (tertiary/aromatic N) is 4. The molecular weight excluding hydrogens is 390 g/mol. The minimum Gasteiger partial charge on any atom is -0.426 e. The SMILES string of the molecule is CC(C)C(=O)Oc1cccc(C2CCN(CC(C=NCc3ccccn3)=NN)CC2)c1. The largest absolute Gasteiger partial charge is 0.426 e. The molecular formula is C24H31N5O2. The van der Waals surface area contributed by atoms with Crippen LogP contribution in [-0.2, 0) is 11.3 Å². The van der Waals surface area contributed by atoms with Crippen LogP contribution in [0.25, 0.3) is 0 Å². The van der Waals surface area contributed by atoms with Crippen LogP contribution in [0, 0.1) is 5.92 Å². The molecule has 0 bridgehead atoms. The molecule has 0 spiro atoms. The number of hydrazone groups is 1. The maximum absolute atomic E-state index is 11.9. The van der Waals surface area contributed by atoms with Gasteiger partial charge in [-0.2, -0.15) is 5.10 Å². The van der Waals surface area contributed by atoms with Crippen LogP contribution in [0.15, 0.2) is 58.8 Å². The Morgan fingerprint density at radius 1 is 1.26 bits per heavy atom. The molecule has 0 radical (unpaired) electrons. The first-order chi connectivity index (χ1) is 15.0. The summed E-state index contributed by atoms with van der Waals surface area (Å²) in [6.45, 7) is 6.77. The van der Waals surface area contributed by atoms with Crippen molar-refractivity contribution < 1.29 is 9.53 Å². The molecule has 0 unspecified atom stereocenters. The fourth-order valence-corrected chi connectivity index (χ4v) is 3.57. The number of esters is 1. The summed E-state index contributed by atoms with van der Waals surface area (Å²) in [6, 6.07) is 13.7. The first-order valence-electron chi connectivity index (χ1n) is 10.8. The number of aliphatic imine (C=N–C) groups is 1. The molecule has 7 heteroatoms. The summed E-state index contributed by atoms with van der Waals surface area (Å²) in [5.41, 5.74) is 2.90. The molecule has 7 nitrogen and oxygen atoms in total. The molecule has 1 saturated heterocycles. The molecule has 1 fully saturated rings. The molecule has 0 atom stereocenters. The maximum atomic E-state index is 11.9. The van der Waals surface area contributed by atoms with E-state index >= 15 is 0 Å². The van der Waals surface area contributed by atoms with Crippen LogP contribution in [0.4, 0.5) is 0 Å². The maximum Gasteiger partial charge on any atom is 0.313 e. The predicted octanol–water partition coefficient (Wildman–Crippen LogP) is 3.41. The van der Waals surface area contributed by atoms with E-state index in [4.69, 9.17) is 10.6 Å². The first kappa shape index (κ1) is 22.6.